The van der Waals surface area contributed by atoms with Crippen molar-refractivity contribution in [3.8, 4) is 0 Å². The maximum absolute atomic E-state index is 5.41. The molecule has 5 nitrogen and oxygen atoms in total. The van der Waals surface area contributed by atoms with Crippen LogP contribution in [0, 0.1) is 6.92 Å². The van der Waals surface area contributed by atoms with Gasteiger partial charge in [0.05, 0.1) is 19.3 Å². The standard InChI is InChI=1S/C19H24N4OS/c1-14-4-3-5-18(20-14)22-19(25)21-15(2)16-6-8-17(9-7-16)23-10-12-24-13-11-23/h3-9,15H,10-13H2,1-2H3,(H2,20,21,22,25)/t15-/m1/s1. The van der Waals surface area contributed by atoms with Crippen LogP contribution in [0.4, 0.5) is 11.5 Å². The molecular formula is C19H24N4OS. The number of rotatable bonds is 4. The molecule has 0 radical (unpaired) electrons. The molecule has 0 bridgehead atoms. The normalized spacial score (nSPS) is 15.5. The SMILES string of the molecule is Cc1cccc(NC(=S)N[C@H](C)c2ccc(N3CCOCC3)cc2)n1. The molecule has 3 rings (SSSR count). The number of thiocarbonyl (C=S) groups is 1. The number of morpholine rings is 1. The number of benzene rings is 1. The molecular weight excluding hydrogens is 332 g/mol. The van der Waals surface area contributed by atoms with E-state index in [0.717, 1.165) is 37.8 Å². The van der Waals surface area contributed by atoms with Crippen molar-refractivity contribution >= 4 is 28.8 Å². The zero-order chi connectivity index (χ0) is 17.6. The molecule has 6 heteroatoms. The van der Waals surface area contributed by atoms with Crippen LogP contribution in [-0.4, -0.2) is 36.4 Å². The Hall–Kier alpha value is -2.18. The van der Waals surface area contributed by atoms with Gasteiger partial charge < -0.3 is 20.3 Å². The number of hydrogen-bond acceptors (Lipinski definition) is 4. The lowest BCUT2D eigenvalue weighted by atomic mass is 10.1. The molecule has 2 N–H and O–H groups in total. The van der Waals surface area contributed by atoms with E-state index < -0.39 is 0 Å². The predicted octanol–water partition coefficient (Wildman–Crippen LogP) is 3.27. The fourth-order valence-corrected chi connectivity index (χ4v) is 3.12. The highest BCUT2D eigenvalue weighted by molar-refractivity contribution is 7.80. The van der Waals surface area contributed by atoms with Gasteiger partial charge in [0.2, 0.25) is 0 Å². The van der Waals surface area contributed by atoms with E-state index in [4.69, 9.17) is 17.0 Å². The smallest absolute Gasteiger partial charge is 0.172 e. The Labute approximate surface area is 154 Å². The molecule has 2 aromatic rings. The summed E-state index contributed by atoms with van der Waals surface area (Å²) in [6, 6.07) is 14.6. The molecule has 1 fully saturated rings. The summed E-state index contributed by atoms with van der Waals surface area (Å²) >= 11 is 5.40. The van der Waals surface area contributed by atoms with E-state index in [1.54, 1.807) is 0 Å². The molecule has 25 heavy (non-hydrogen) atoms. The molecule has 1 atom stereocenters. The van der Waals surface area contributed by atoms with E-state index in [1.165, 1.54) is 11.3 Å². The van der Waals surface area contributed by atoms with Crippen LogP contribution in [0.3, 0.4) is 0 Å². The summed E-state index contributed by atoms with van der Waals surface area (Å²) in [5, 5.41) is 7.02. The van der Waals surface area contributed by atoms with Crippen LogP contribution in [0.25, 0.3) is 0 Å². The van der Waals surface area contributed by atoms with Gasteiger partial charge in [-0.25, -0.2) is 4.98 Å². The number of anilines is 2. The third kappa shape index (κ3) is 4.90. The summed E-state index contributed by atoms with van der Waals surface area (Å²) in [6.45, 7) is 7.55. The maximum atomic E-state index is 5.41. The monoisotopic (exact) mass is 356 g/mol. The molecule has 1 aromatic heterocycles. The zero-order valence-corrected chi connectivity index (χ0v) is 15.5. The second-order valence-corrected chi connectivity index (χ2v) is 6.58. The number of nitrogens with zero attached hydrogens (tertiary/aromatic N) is 2. The number of ether oxygens (including phenoxy) is 1. The second kappa shape index (κ2) is 8.27. The topological polar surface area (TPSA) is 49.4 Å². The van der Waals surface area contributed by atoms with Gasteiger partial charge in [-0.15, -0.1) is 0 Å². The minimum atomic E-state index is 0.114. The van der Waals surface area contributed by atoms with Gasteiger partial charge in [-0.2, -0.15) is 0 Å². The number of pyridine rings is 1. The highest BCUT2D eigenvalue weighted by Crippen LogP contribution is 2.20. The van der Waals surface area contributed by atoms with Crippen LogP contribution in [0.5, 0.6) is 0 Å². The molecule has 0 saturated carbocycles. The van der Waals surface area contributed by atoms with Crippen LogP contribution in [0.1, 0.15) is 24.2 Å². The van der Waals surface area contributed by atoms with Crippen molar-refractivity contribution in [2.45, 2.75) is 19.9 Å². The van der Waals surface area contributed by atoms with E-state index in [-0.39, 0.29) is 6.04 Å². The number of aryl methyl sites for hydroxylation is 1. The van der Waals surface area contributed by atoms with E-state index in [9.17, 15) is 0 Å². The third-order valence-corrected chi connectivity index (χ3v) is 4.47. The Morgan fingerprint density at radius 2 is 1.88 bits per heavy atom. The van der Waals surface area contributed by atoms with Gasteiger partial charge in [-0.05, 0) is 55.9 Å². The fraction of sp³-hybridized carbons (Fsp3) is 0.368. The van der Waals surface area contributed by atoms with Crippen molar-refractivity contribution in [3.05, 3.63) is 53.7 Å². The van der Waals surface area contributed by atoms with Gasteiger partial charge in [0.25, 0.3) is 0 Å². The predicted molar refractivity (Wildman–Crippen MR) is 106 cm³/mol. The Kier molecular flexibility index (Phi) is 5.83. The summed E-state index contributed by atoms with van der Waals surface area (Å²) in [5.74, 6) is 0.757. The van der Waals surface area contributed by atoms with Crippen molar-refractivity contribution in [2.75, 3.05) is 36.5 Å². The first-order valence-electron chi connectivity index (χ1n) is 8.55. The fourth-order valence-electron chi connectivity index (χ4n) is 2.84. The van der Waals surface area contributed by atoms with Gasteiger partial charge in [-0.1, -0.05) is 18.2 Å². The average Bonchev–Trinajstić information content (AvgIpc) is 2.62. The molecule has 1 aliphatic rings. The average molecular weight is 356 g/mol. The molecule has 0 spiro atoms. The van der Waals surface area contributed by atoms with E-state index in [2.05, 4.69) is 51.7 Å². The van der Waals surface area contributed by atoms with Gasteiger partial charge in [0, 0.05) is 24.5 Å². The lowest BCUT2D eigenvalue weighted by Gasteiger charge is -2.29. The Bertz CT molecular complexity index is 714. The summed E-state index contributed by atoms with van der Waals surface area (Å²) in [5.41, 5.74) is 3.39. The minimum absolute atomic E-state index is 0.114. The second-order valence-electron chi connectivity index (χ2n) is 6.18. The van der Waals surface area contributed by atoms with Gasteiger partial charge in [0.15, 0.2) is 5.11 Å². The Morgan fingerprint density at radius 1 is 1.16 bits per heavy atom. The van der Waals surface area contributed by atoms with Gasteiger partial charge in [0.1, 0.15) is 5.82 Å². The van der Waals surface area contributed by atoms with Crippen LogP contribution in [-0.2, 0) is 4.74 Å². The molecule has 0 aliphatic carbocycles. The van der Waals surface area contributed by atoms with Crippen LogP contribution >= 0.6 is 12.2 Å². The largest absolute Gasteiger partial charge is 0.378 e. The van der Waals surface area contributed by atoms with Crippen LogP contribution < -0.4 is 15.5 Å². The Balaban J connectivity index is 1.57. The maximum Gasteiger partial charge on any atom is 0.172 e. The lowest BCUT2D eigenvalue weighted by Crippen LogP contribution is -2.36. The number of hydrogen-bond donors (Lipinski definition) is 2. The molecule has 1 aromatic carbocycles. The molecule has 0 unspecified atom stereocenters. The first-order chi connectivity index (χ1) is 12.1. The van der Waals surface area contributed by atoms with E-state index >= 15 is 0 Å². The van der Waals surface area contributed by atoms with E-state index in [0.29, 0.717) is 5.11 Å². The molecule has 2 heterocycles. The highest BCUT2D eigenvalue weighted by Gasteiger charge is 2.12. The summed E-state index contributed by atoms with van der Waals surface area (Å²) in [4.78, 5) is 6.75. The molecule has 132 valence electrons. The van der Waals surface area contributed by atoms with Crippen LogP contribution in [0.15, 0.2) is 42.5 Å². The molecule has 1 saturated heterocycles. The summed E-state index contributed by atoms with van der Waals surface area (Å²) in [6.07, 6.45) is 0. The lowest BCUT2D eigenvalue weighted by molar-refractivity contribution is 0.122. The third-order valence-electron chi connectivity index (χ3n) is 4.25. The first-order valence-corrected chi connectivity index (χ1v) is 8.96. The van der Waals surface area contributed by atoms with Crippen molar-refractivity contribution in [2.24, 2.45) is 0 Å². The summed E-state index contributed by atoms with van der Waals surface area (Å²) < 4.78 is 5.41. The minimum Gasteiger partial charge on any atom is -0.378 e. The molecule has 1 aliphatic heterocycles. The van der Waals surface area contributed by atoms with Crippen LogP contribution in [0.2, 0.25) is 0 Å². The van der Waals surface area contributed by atoms with Gasteiger partial charge >= 0.3 is 0 Å². The van der Waals surface area contributed by atoms with Crippen molar-refractivity contribution < 1.29 is 4.74 Å². The summed E-state index contributed by atoms with van der Waals surface area (Å²) in [7, 11) is 0. The Morgan fingerprint density at radius 3 is 2.56 bits per heavy atom. The zero-order valence-electron chi connectivity index (χ0n) is 14.7. The van der Waals surface area contributed by atoms with Crippen molar-refractivity contribution in [1.29, 1.82) is 0 Å². The highest BCUT2D eigenvalue weighted by atomic mass is 32.1. The van der Waals surface area contributed by atoms with Gasteiger partial charge in [-0.3, -0.25) is 0 Å². The first kappa shape index (κ1) is 17.6. The quantitative estimate of drug-likeness (QED) is 0.820. The number of nitrogens with one attached hydrogen (secondary N) is 2. The number of aromatic nitrogens is 1. The van der Waals surface area contributed by atoms with Crippen molar-refractivity contribution in [3.63, 3.8) is 0 Å². The van der Waals surface area contributed by atoms with E-state index in [1.807, 2.05) is 25.1 Å². The van der Waals surface area contributed by atoms with Crippen molar-refractivity contribution in [1.82, 2.24) is 10.3 Å². The molecule has 0 amide bonds.